The number of aromatic nitrogens is 1. The molecule has 2 heterocycles. The summed E-state index contributed by atoms with van der Waals surface area (Å²) in [6.45, 7) is 0. The molecule has 0 spiro atoms. The summed E-state index contributed by atoms with van der Waals surface area (Å²) in [6.07, 6.45) is 12.4. The Morgan fingerprint density at radius 2 is 1.31 bits per heavy atom. The van der Waals surface area contributed by atoms with Gasteiger partial charge in [0.05, 0.1) is 17.0 Å². The van der Waals surface area contributed by atoms with E-state index in [0.29, 0.717) is 5.92 Å². The van der Waals surface area contributed by atoms with Gasteiger partial charge in [0.15, 0.2) is 0 Å². The largest absolute Gasteiger partial charge is 0.459 e. The lowest BCUT2D eigenvalue weighted by Crippen LogP contribution is -2.09. The fraction of sp³-hybridized carbons (Fsp3) is 0.123. The molecule has 8 aromatic rings. The first-order valence-electron chi connectivity index (χ1n) is 21.2. The molecule has 7 aromatic carbocycles. The third-order valence-corrected chi connectivity index (χ3v) is 13.3. The van der Waals surface area contributed by atoms with Crippen LogP contribution in [0.2, 0.25) is 0 Å². The average Bonchev–Trinajstić information content (AvgIpc) is 3.79. The van der Waals surface area contributed by atoms with Crippen molar-refractivity contribution in [1.82, 2.24) is 4.57 Å². The fourth-order valence-corrected chi connectivity index (χ4v) is 10.6. The number of hydrogen-bond acceptors (Lipinski definition) is 1. The first-order chi connectivity index (χ1) is 29.3. The Labute approximate surface area is 345 Å². The van der Waals surface area contributed by atoms with E-state index < -0.39 is 0 Å². The minimum atomic E-state index is 0.162. The molecule has 4 aliphatic rings. The van der Waals surface area contributed by atoms with Crippen molar-refractivity contribution in [2.24, 2.45) is 0 Å². The highest BCUT2D eigenvalue weighted by Crippen LogP contribution is 2.54. The van der Waals surface area contributed by atoms with E-state index in [1.807, 2.05) is 0 Å². The summed E-state index contributed by atoms with van der Waals surface area (Å²) < 4.78 is 9.39. The molecule has 0 saturated heterocycles. The van der Waals surface area contributed by atoms with Crippen LogP contribution in [0.15, 0.2) is 199 Å². The maximum absolute atomic E-state index is 6.93. The van der Waals surface area contributed by atoms with Gasteiger partial charge in [0.1, 0.15) is 11.5 Å². The number of ether oxygens (including phenoxy) is 1. The zero-order chi connectivity index (χ0) is 38.9. The zero-order valence-electron chi connectivity index (χ0n) is 32.9. The predicted molar refractivity (Wildman–Crippen MR) is 245 cm³/mol. The summed E-state index contributed by atoms with van der Waals surface area (Å²) in [6, 6.07) is 62.5. The van der Waals surface area contributed by atoms with E-state index in [1.165, 1.54) is 88.7 Å². The summed E-state index contributed by atoms with van der Waals surface area (Å²) in [7, 11) is 0. The van der Waals surface area contributed by atoms with Crippen LogP contribution in [0.3, 0.4) is 0 Å². The molecule has 0 bridgehead atoms. The van der Waals surface area contributed by atoms with E-state index in [2.05, 4.69) is 193 Å². The smallest absolute Gasteiger partial charge is 0.138 e. The number of para-hydroxylation sites is 3. The Morgan fingerprint density at radius 1 is 0.559 bits per heavy atom. The molecule has 0 saturated carbocycles. The van der Waals surface area contributed by atoms with Gasteiger partial charge in [-0.3, -0.25) is 0 Å². The van der Waals surface area contributed by atoms with Crippen LogP contribution in [0.25, 0.3) is 55.3 Å². The van der Waals surface area contributed by atoms with E-state index in [1.54, 1.807) is 0 Å². The van der Waals surface area contributed by atoms with Crippen molar-refractivity contribution in [3.63, 3.8) is 0 Å². The molecular formula is C57H43NO. The van der Waals surface area contributed by atoms with Crippen LogP contribution in [0.5, 0.6) is 5.75 Å². The first-order valence-corrected chi connectivity index (χ1v) is 21.2. The lowest BCUT2D eigenvalue weighted by Gasteiger charge is -2.25. The minimum absolute atomic E-state index is 0.162. The molecule has 2 atom stereocenters. The van der Waals surface area contributed by atoms with E-state index in [-0.39, 0.29) is 5.92 Å². The van der Waals surface area contributed by atoms with Crippen molar-refractivity contribution >= 4 is 38.5 Å². The second kappa shape index (κ2) is 13.9. The molecule has 0 radical (unpaired) electrons. The minimum Gasteiger partial charge on any atom is -0.459 e. The van der Waals surface area contributed by atoms with Crippen molar-refractivity contribution in [3.8, 4) is 22.6 Å². The molecule has 2 unspecified atom stereocenters. The molecule has 2 heteroatoms. The summed E-state index contributed by atoms with van der Waals surface area (Å²) in [4.78, 5) is 0. The number of benzene rings is 7. The standard InChI is InChI=1S/C57H43NO/c1-4-15-38(16-5-1)45-24-14-25-49-53-35-42(34-51(57(53)59-56(45)49)39-17-6-2-7-18-39)37-27-29-40(30-28-37)44-32-31-41-33-52-48-23-12-13-26-54(48)58(43-19-8-3-9-20-43)55(52)36-50(41)47-22-11-10-21-46(44)47/h1-10,12-21,23-30,33-34,36,44,53H,11,22,31-32,35H2. The SMILES string of the molecule is C1=CC2=C(CC1)c1cc3c(cc1CCC2c1ccc(C2=CC(c4ccccc4)=C4Oc5c(-c6ccccc6)cccc5C4C2)cc1)c1ccccc1n3-c1ccccc1. The van der Waals surface area contributed by atoms with Crippen molar-refractivity contribution in [2.45, 2.75) is 43.9 Å². The topological polar surface area (TPSA) is 14.2 Å². The second-order valence-electron chi connectivity index (χ2n) is 16.6. The molecule has 0 N–H and O–H groups in total. The van der Waals surface area contributed by atoms with Gasteiger partial charge >= 0.3 is 0 Å². The second-order valence-corrected chi connectivity index (χ2v) is 16.6. The van der Waals surface area contributed by atoms with Crippen molar-refractivity contribution < 1.29 is 4.74 Å². The number of rotatable bonds is 5. The van der Waals surface area contributed by atoms with Gasteiger partial charge in [0.25, 0.3) is 0 Å². The highest BCUT2D eigenvalue weighted by Gasteiger charge is 2.37. The summed E-state index contributed by atoms with van der Waals surface area (Å²) >= 11 is 0. The third kappa shape index (κ3) is 5.62. The molecule has 59 heavy (non-hydrogen) atoms. The molecule has 282 valence electrons. The Bertz CT molecular complexity index is 3070. The van der Waals surface area contributed by atoms with E-state index in [4.69, 9.17) is 4.74 Å². The summed E-state index contributed by atoms with van der Waals surface area (Å²) in [5.41, 5.74) is 19.7. The predicted octanol–water partition coefficient (Wildman–Crippen LogP) is 14.7. The van der Waals surface area contributed by atoms with Crippen molar-refractivity contribution in [2.75, 3.05) is 0 Å². The lowest BCUT2D eigenvalue weighted by atomic mass is 9.79. The van der Waals surface area contributed by atoms with Gasteiger partial charge in [-0.2, -0.15) is 0 Å². The molecule has 0 fully saturated rings. The molecule has 12 rings (SSSR count). The number of aryl methyl sites for hydroxylation is 1. The summed E-state index contributed by atoms with van der Waals surface area (Å²) in [5, 5.41) is 2.67. The highest BCUT2D eigenvalue weighted by molar-refractivity contribution is 6.10. The van der Waals surface area contributed by atoms with Crippen LogP contribution >= 0.6 is 0 Å². The van der Waals surface area contributed by atoms with Gasteiger partial charge in [0.2, 0.25) is 0 Å². The maximum atomic E-state index is 6.93. The Balaban J connectivity index is 0.921. The van der Waals surface area contributed by atoms with Crippen molar-refractivity contribution in [1.29, 1.82) is 0 Å². The van der Waals surface area contributed by atoms with Crippen LogP contribution in [0.4, 0.5) is 0 Å². The monoisotopic (exact) mass is 757 g/mol. The van der Waals surface area contributed by atoms with E-state index in [0.717, 1.165) is 49.2 Å². The molecule has 2 nitrogen and oxygen atoms in total. The number of allylic oxidation sites excluding steroid dienone is 8. The summed E-state index contributed by atoms with van der Waals surface area (Å²) in [5.74, 6) is 2.57. The maximum Gasteiger partial charge on any atom is 0.138 e. The van der Waals surface area contributed by atoms with Gasteiger partial charge < -0.3 is 9.30 Å². The van der Waals surface area contributed by atoms with Gasteiger partial charge in [-0.25, -0.2) is 0 Å². The molecule has 3 aliphatic carbocycles. The zero-order valence-corrected chi connectivity index (χ0v) is 32.9. The molecule has 1 aromatic heterocycles. The fourth-order valence-electron chi connectivity index (χ4n) is 10.6. The van der Waals surface area contributed by atoms with Crippen LogP contribution in [-0.2, 0) is 6.42 Å². The Morgan fingerprint density at radius 3 is 2.12 bits per heavy atom. The van der Waals surface area contributed by atoms with Crippen LogP contribution in [-0.4, -0.2) is 4.57 Å². The molecular weight excluding hydrogens is 715 g/mol. The molecule has 1 aliphatic heterocycles. The van der Waals surface area contributed by atoms with Crippen LogP contribution < -0.4 is 4.74 Å². The average molecular weight is 758 g/mol. The van der Waals surface area contributed by atoms with Crippen LogP contribution in [0, 0.1) is 0 Å². The van der Waals surface area contributed by atoms with Gasteiger partial charge in [-0.05, 0) is 119 Å². The van der Waals surface area contributed by atoms with Gasteiger partial charge in [0, 0.05) is 39.1 Å². The Kier molecular flexibility index (Phi) is 8.04. The van der Waals surface area contributed by atoms with E-state index >= 15 is 0 Å². The van der Waals surface area contributed by atoms with Crippen molar-refractivity contribution in [3.05, 3.63) is 233 Å². The third-order valence-electron chi connectivity index (χ3n) is 13.3. The number of fused-ring (bicyclic) bond motifs is 8. The number of nitrogens with zero attached hydrogens (tertiary/aromatic N) is 1. The van der Waals surface area contributed by atoms with Crippen LogP contribution in [0.1, 0.15) is 70.9 Å². The first kappa shape index (κ1) is 34.2. The van der Waals surface area contributed by atoms with Gasteiger partial charge in [-0.15, -0.1) is 0 Å². The Hall–Kier alpha value is -6.90. The number of hydrogen-bond donors (Lipinski definition) is 0. The normalized spacial score (nSPS) is 18.2. The van der Waals surface area contributed by atoms with E-state index in [9.17, 15) is 0 Å². The quantitative estimate of drug-likeness (QED) is 0.171. The van der Waals surface area contributed by atoms with Gasteiger partial charge in [-0.1, -0.05) is 152 Å². The molecule has 0 amide bonds. The highest BCUT2D eigenvalue weighted by atomic mass is 16.5. The lowest BCUT2D eigenvalue weighted by molar-refractivity contribution is 0.431.